The van der Waals surface area contributed by atoms with Crippen molar-refractivity contribution >= 4 is 23.1 Å². The van der Waals surface area contributed by atoms with Crippen LogP contribution in [0.2, 0.25) is 0 Å². The molecule has 1 aromatic carbocycles. The first-order chi connectivity index (χ1) is 9.56. The van der Waals surface area contributed by atoms with E-state index in [4.69, 9.17) is 0 Å². The first-order valence-electron chi connectivity index (χ1n) is 6.01. The van der Waals surface area contributed by atoms with Crippen molar-refractivity contribution in [3.8, 4) is 5.75 Å². The zero-order chi connectivity index (χ0) is 14.5. The van der Waals surface area contributed by atoms with Gasteiger partial charge < -0.3 is 10.4 Å². The van der Waals surface area contributed by atoms with Crippen LogP contribution in [0.5, 0.6) is 5.75 Å². The lowest BCUT2D eigenvalue weighted by atomic mass is 10.3. The van der Waals surface area contributed by atoms with Gasteiger partial charge in [0.15, 0.2) is 5.82 Å². The molecule has 1 heterocycles. The second-order valence-corrected chi connectivity index (χ2v) is 4.18. The average molecular weight is 270 g/mol. The predicted molar refractivity (Wildman–Crippen MR) is 75.6 cm³/mol. The lowest BCUT2D eigenvalue weighted by Gasteiger charge is -2.07. The van der Waals surface area contributed by atoms with E-state index in [1.807, 2.05) is 18.2 Å². The Morgan fingerprint density at radius 3 is 2.60 bits per heavy atom. The highest BCUT2D eigenvalue weighted by atomic mass is 16.3. The number of nitrogens with one attached hydrogen (secondary N) is 1. The van der Waals surface area contributed by atoms with Crippen LogP contribution in [0, 0.1) is 6.92 Å². The first-order valence-corrected chi connectivity index (χ1v) is 6.01. The second kappa shape index (κ2) is 5.92. The number of nitrogens with zero attached hydrogens (tertiary/aromatic N) is 3. The Bertz CT molecular complexity index is 654. The van der Waals surface area contributed by atoms with Gasteiger partial charge in [-0.25, -0.2) is 4.98 Å². The zero-order valence-corrected chi connectivity index (χ0v) is 11.2. The number of aryl methyl sites for hydroxylation is 1. The minimum absolute atomic E-state index is 0.00103. The molecule has 2 rings (SSSR count). The van der Waals surface area contributed by atoms with Crippen LogP contribution in [0.4, 0.5) is 17.2 Å². The molecule has 0 spiro atoms. The number of carbonyl (C=O) groups excluding carboxylic acids is 1. The van der Waals surface area contributed by atoms with E-state index in [-0.39, 0.29) is 17.5 Å². The summed E-state index contributed by atoms with van der Waals surface area (Å²) in [5.41, 5.74) is 1.38. The van der Waals surface area contributed by atoms with Crippen LogP contribution in [0.15, 0.2) is 46.6 Å². The maximum absolute atomic E-state index is 11.1. The molecule has 1 amide bonds. The van der Waals surface area contributed by atoms with Crippen molar-refractivity contribution in [1.29, 1.82) is 0 Å². The van der Waals surface area contributed by atoms with E-state index in [0.29, 0.717) is 17.1 Å². The number of carbonyl (C=O) groups is 1. The maximum atomic E-state index is 11.1. The van der Waals surface area contributed by atoms with Gasteiger partial charge in [-0.1, -0.05) is 18.2 Å². The number of benzene rings is 1. The van der Waals surface area contributed by atoms with E-state index in [0.717, 1.165) is 0 Å². The molecule has 20 heavy (non-hydrogen) atoms. The average Bonchev–Trinajstić information content (AvgIpc) is 2.42. The van der Waals surface area contributed by atoms with Gasteiger partial charge in [0.2, 0.25) is 5.91 Å². The Balaban J connectivity index is 2.37. The lowest BCUT2D eigenvalue weighted by Crippen LogP contribution is -2.08. The highest BCUT2D eigenvalue weighted by Gasteiger charge is 2.09. The molecule has 0 bridgehead atoms. The van der Waals surface area contributed by atoms with Crippen molar-refractivity contribution in [2.75, 3.05) is 5.32 Å². The van der Waals surface area contributed by atoms with Crippen LogP contribution in [0.25, 0.3) is 0 Å². The third-order valence-electron chi connectivity index (χ3n) is 2.49. The second-order valence-electron chi connectivity index (χ2n) is 4.18. The SMILES string of the molecule is CC(=O)Nc1nc(C)c(O)cc1N=Nc1ccccc1. The third-order valence-corrected chi connectivity index (χ3v) is 2.49. The monoisotopic (exact) mass is 270 g/mol. The zero-order valence-electron chi connectivity index (χ0n) is 11.2. The Morgan fingerprint density at radius 1 is 1.25 bits per heavy atom. The Kier molecular flexibility index (Phi) is 4.05. The minimum atomic E-state index is -0.265. The Hall–Kier alpha value is -2.76. The summed E-state index contributed by atoms with van der Waals surface area (Å²) < 4.78 is 0. The minimum Gasteiger partial charge on any atom is -0.506 e. The fourth-order valence-corrected chi connectivity index (χ4v) is 1.53. The summed E-state index contributed by atoms with van der Waals surface area (Å²) in [5.74, 6) is 0.00680. The molecule has 6 nitrogen and oxygen atoms in total. The fourth-order valence-electron chi connectivity index (χ4n) is 1.53. The fraction of sp³-hybridized carbons (Fsp3) is 0.143. The molecule has 2 aromatic rings. The highest BCUT2D eigenvalue weighted by Crippen LogP contribution is 2.30. The van der Waals surface area contributed by atoms with Gasteiger partial charge in [0.05, 0.1) is 11.4 Å². The van der Waals surface area contributed by atoms with E-state index in [1.54, 1.807) is 19.1 Å². The highest BCUT2D eigenvalue weighted by molar-refractivity contribution is 5.90. The number of rotatable bonds is 3. The van der Waals surface area contributed by atoms with Crippen molar-refractivity contribution in [1.82, 2.24) is 4.98 Å². The van der Waals surface area contributed by atoms with Gasteiger partial charge in [0.25, 0.3) is 0 Å². The molecule has 0 saturated carbocycles. The predicted octanol–water partition coefficient (Wildman–Crippen LogP) is 3.47. The van der Waals surface area contributed by atoms with Gasteiger partial charge >= 0.3 is 0 Å². The number of anilines is 1. The summed E-state index contributed by atoms with van der Waals surface area (Å²) in [6, 6.07) is 10.6. The number of hydrogen-bond acceptors (Lipinski definition) is 5. The quantitative estimate of drug-likeness (QED) is 0.837. The Labute approximate surface area is 116 Å². The number of aromatic hydroxyl groups is 1. The van der Waals surface area contributed by atoms with E-state index in [9.17, 15) is 9.90 Å². The van der Waals surface area contributed by atoms with Crippen LogP contribution in [-0.4, -0.2) is 16.0 Å². The maximum Gasteiger partial charge on any atom is 0.222 e. The van der Waals surface area contributed by atoms with Crippen LogP contribution < -0.4 is 5.32 Å². The number of amides is 1. The summed E-state index contributed by atoms with van der Waals surface area (Å²) >= 11 is 0. The number of aromatic nitrogens is 1. The Morgan fingerprint density at radius 2 is 1.95 bits per heavy atom. The normalized spacial score (nSPS) is 10.7. The number of hydrogen-bond donors (Lipinski definition) is 2. The van der Waals surface area contributed by atoms with Crippen molar-refractivity contribution in [2.45, 2.75) is 13.8 Å². The molecule has 0 saturated heterocycles. The molecular weight excluding hydrogens is 256 g/mol. The van der Waals surface area contributed by atoms with Crippen LogP contribution in [0.1, 0.15) is 12.6 Å². The van der Waals surface area contributed by atoms with Crippen LogP contribution in [-0.2, 0) is 4.79 Å². The van der Waals surface area contributed by atoms with E-state index in [2.05, 4.69) is 20.5 Å². The van der Waals surface area contributed by atoms with Crippen molar-refractivity contribution in [3.05, 3.63) is 42.1 Å². The standard InChI is InChI=1S/C14H14N4O2/c1-9-13(20)8-12(14(15-9)16-10(2)19)18-17-11-6-4-3-5-7-11/h3-8,20H,1-2H3,(H,15,16,19). The first kappa shape index (κ1) is 13.7. The summed E-state index contributed by atoms with van der Waals surface area (Å²) in [7, 11) is 0. The summed E-state index contributed by atoms with van der Waals surface area (Å²) in [5, 5.41) is 20.3. The van der Waals surface area contributed by atoms with Crippen LogP contribution >= 0.6 is 0 Å². The van der Waals surface area contributed by atoms with E-state index < -0.39 is 0 Å². The van der Waals surface area contributed by atoms with Gasteiger partial charge in [0, 0.05) is 13.0 Å². The molecule has 0 atom stereocenters. The number of azo groups is 1. The van der Waals surface area contributed by atoms with Crippen LogP contribution in [0.3, 0.4) is 0 Å². The molecule has 0 radical (unpaired) electrons. The molecule has 0 aliphatic rings. The molecule has 0 aliphatic carbocycles. The molecule has 1 aromatic heterocycles. The van der Waals surface area contributed by atoms with E-state index in [1.165, 1.54) is 13.0 Å². The summed E-state index contributed by atoms with van der Waals surface area (Å²) in [6.07, 6.45) is 0. The topological polar surface area (TPSA) is 86.9 Å². The largest absolute Gasteiger partial charge is 0.506 e. The van der Waals surface area contributed by atoms with Crippen molar-refractivity contribution in [2.24, 2.45) is 10.2 Å². The lowest BCUT2D eigenvalue weighted by molar-refractivity contribution is -0.114. The summed E-state index contributed by atoms with van der Waals surface area (Å²) in [4.78, 5) is 15.2. The molecule has 102 valence electrons. The molecule has 0 aliphatic heterocycles. The smallest absolute Gasteiger partial charge is 0.222 e. The van der Waals surface area contributed by atoms with Gasteiger partial charge in [0.1, 0.15) is 11.4 Å². The van der Waals surface area contributed by atoms with Crippen molar-refractivity contribution < 1.29 is 9.90 Å². The molecular formula is C14H14N4O2. The number of pyridine rings is 1. The van der Waals surface area contributed by atoms with Gasteiger partial charge in [-0.15, -0.1) is 5.11 Å². The molecule has 6 heteroatoms. The van der Waals surface area contributed by atoms with Crippen molar-refractivity contribution in [3.63, 3.8) is 0 Å². The van der Waals surface area contributed by atoms with Gasteiger partial charge in [-0.3, -0.25) is 4.79 Å². The molecule has 0 unspecified atom stereocenters. The van der Waals surface area contributed by atoms with E-state index >= 15 is 0 Å². The molecule has 0 fully saturated rings. The summed E-state index contributed by atoms with van der Waals surface area (Å²) in [6.45, 7) is 3.01. The van der Waals surface area contributed by atoms with Gasteiger partial charge in [-0.2, -0.15) is 5.11 Å². The van der Waals surface area contributed by atoms with Gasteiger partial charge in [-0.05, 0) is 19.1 Å². The molecule has 2 N–H and O–H groups in total. The third kappa shape index (κ3) is 3.38.